The van der Waals surface area contributed by atoms with Gasteiger partial charge in [-0.1, -0.05) is 30.3 Å². The maximum atomic E-state index is 11.9. The SMILES string of the molecule is Cc1nn(-c2ccccc2)c2nc(C(=O)O)cc(-c3ccc(N(C)C4CCOCC4)cc3)c12. The highest BCUT2D eigenvalue weighted by atomic mass is 16.5. The Kier molecular flexibility index (Phi) is 5.56. The molecule has 2 aromatic carbocycles. The highest BCUT2D eigenvalue weighted by Gasteiger charge is 2.21. The molecule has 1 fully saturated rings. The van der Waals surface area contributed by atoms with Crippen LogP contribution in [-0.4, -0.2) is 52.1 Å². The number of aryl methyl sites for hydroxylation is 1. The van der Waals surface area contributed by atoms with Crippen LogP contribution in [0.25, 0.3) is 27.8 Å². The average Bonchev–Trinajstić information content (AvgIpc) is 3.20. The number of aromatic nitrogens is 3. The first-order valence-corrected chi connectivity index (χ1v) is 11.1. The van der Waals surface area contributed by atoms with Crippen LogP contribution in [0.4, 0.5) is 5.69 Å². The molecule has 0 spiro atoms. The van der Waals surface area contributed by atoms with Gasteiger partial charge in [-0.3, -0.25) is 0 Å². The topological polar surface area (TPSA) is 80.5 Å². The van der Waals surface area contributed by atoms with E-state index in [2.05, 4.69) is 29.1 Å². The number of pyridine rings is 1. The van der Waals surface area contributed by atoms with Gasteiger partial charge in [-0.2, -0.15) is 5.10 Å². The summed E-state index contributed by atoms with van der Waals surface area (Å²) in [5.41, 5.74) is 5.06. The van der Waals surface area contributed by atoms with Gasteiger partial charge in [0.15, 0.2) is 11.3 Å². The number of anilines is 1. The molecule has 0 atom stereocenters. The molecule has 3 heterocycles. The van der Waals surface area contributed by atoms with Gasteiger partial charge in [-0.25, -0.2) is 14.5 Å². The Morgan fingerprint density at radius 1 is 1.09 bits per heavy atom. The molecule has 0 radical (unpaired) electrons. The van der Waals surface area contributed by atoms with Gasteiger partial charge in [-0.15, -0.1) is 0 Å². The van der Waals surface area contributed by atoms with Crippen molar-refractivity contribution >= 4 is 22.7 Å². The first kappa shape index (κ1) is 21.2. The molecule has 0 saturated carbocycles. The van der Waals surface area contributed by atoms with Gasteiger partial charge < -0.3 is 14.7 Å². The fourth-order valence-electron chi connectivity index (χ4n) is 4.53. The third kappa shape index (κ3) is 3.96. The normalized spacial score (nSPS) is 14.5. The van der Waals surface area contributed by atoms with Gasteiger partial charge in [-0.05, 0) is 61.2 Å². The van der Waals surface area contributed by atoms with Crippen molar-refractivity contribution in [3.63, 3.8) is 0 Å². The zero-order chi connectivity index (χ0) is 22.9. The number of para-hydroxylation sites is 1. The number of fused-ring (bicyclic) bond motifs is 1. The van der Waals surface area contributed by atoms with Gasteiger partial charge in [0.25, 0.3) is 0 Å². The predicted molar refractivity (Wildman–Crippen MR) is 128 cm³/mol. The Hall–Kier alpha value is -3.71. The summed E-state index contributed by atoms with van der Waals surface area (Å²) in [5, 5.41) is 15.3. The van der Waals surface area contributed by atoms with Crippen molar-refractivity contribution in [1.82, 2.24) is 14.8 Å². The number of benzene rings is 2. The van der Waals surface area contributed by atoms with Crippen LogP contribution in [0.2, 0.25) is 0 Å². The minimum absolute atomic E-state index is 0.00187. The first-order valence-electron chi connectivity index (χ1n) is 11.1. The van der Waals surface area contributed by atoms with E-state index >= 15 is 0 Å². The second-order valence-electron chi connectivity index (χ2n) is 8.39. The van der Waals surface area contributed by atoms with E-state index in [0.29, 0.717) is 11.7 Å². The molecule has 1 saturated heterocycles. The molecule has 0 aliphatic carbocycles. The van der Waals surface area contributed by atoms with Crippen LogP contribution in [0, 0.1) is 6.92 Å². The summed E-state index contributed by atoms with van der Waals surface area (Å²) in [7, 11) is 2.12. The van der Waals surface area contributed by atoms with E-state index in [-0.39, 0.29) is 5.69 Å². The van der Waals surface area contributed by atoms with Crippen molar-refractivity contribution in [2.75, 3.05) is 25.2 Å². The predicted octanol–water partition coefficient (Wildman–Crippen LogP) is 4.71. The highest BCUT2D eigenvalue weighted by Crippen LogP contribution is 2.33. The number of carboxylic acids is 1. The van der Waals surface area contributed by atoms with Crippen LogP contribution in [0.5, 0.6) is 0 Å². The van der Waals surface area contributed by atoms with Crippen LogP contribution in [-0.2, 0) is 4.74 Å². The standard InChI is InChI=1S/C26H26N4O3/c1-17-24-22(18-8-10-19(11-9-18)29(2)20-12-14-33-15-13-20)16-23(26(31)32)27-25(24)30(28-17)21-6-4-3-5-7-21/h3-11,16,20H,12-15H2,1-2H3,(H,31,32). The average molecular weight is 443 g/mol. The van der Waals surface area contributed by atoms with Gasteiger partial charge in [0.1, 0.15) is 0 Å². The van der Waals surface area contributed by atoms with Crippen LogP contribution in [0.3, 0.4) is 0 Å². The van der Waals surface area contributed by atoms with Gasteiger partial charge in [0.2, 0.25) is 0 Å². The molecule has 0 bridgehead atoms. The number of hydrogen-bond donors (Lipinski definition) is 1. The molecule has 0 amide bonds. The molecule has 4 aromatic rings. The molecule has 33 heavy (non-hydrogen) atoms. The first-order chi connectivity index (χ1) is 16.0. The molecule has 7 heteroatoms. The fourth-order valence-corrected chi connectivity index (χ4v) is 4.53. The number of carbonyl (C=O) groups is 1. The van der Waals surface area contributed by atoms with Crippen molar-refractivity contribution < 1.29 is 14.6 Å². The number of rotatable bonds is 5. The van der Waals surface area contributed by atoms with E-state index in [4.69, 9.17) is 9.84 Å². The van der Waals surface area contributed by atoms with Crippen molar-refractivity contribution in [1.29, 1.82) is 0 Å². The second kappa shape index (κ2) is 8.67. The summed E-state index contributed by atoms with van der Waals surface area (Å²) in [6.07, 6.45) is 2.03. The molecule has 1 aliphatic heterocycles. The van der Waals surface area contributed by atoms with Crippen molar-refractivity contribution in [2.24, 2.45) is 0 Å². The van der Waals surface area contributed by atoms with Gasteiger partial charge in [0.05, 0.1) is 16.8 Å². The Balaban J connectivity index is 1.60. The van der Waals surface area contributed by atoms with Crippen LogP contribution < -0.4 is 4.90 Å². The number of aromatic carboxylic acids is 1. The molecule has 168 valence electrons. The summed E-state index contributed by atoms with van der Waals surface area (Å²) in [6.45, 7) is 3.52. The number of nitrogens with zero attached hydrogens (tertiary/aromatic N) is 4. The largest absolute Gasteiger partial charge is 0.477 e. The summed E-state index contributed by atoms with van der Waals surface area (Å²) in [6, 6.07) is 20.0. The molecule has 1 aliphatic rings. The molecule has 2 aromatic heterocycles. The molecule has 5 rings (SSSR count). The van der Waals surface area contributed by atoms with E-state index in [0.717, 1.165) is 59.6 Å². The number of ether oxygens (including phenoxy) is 1. The zero-order valence-electron chi connectivity index (χ0n) is 18.7. The lowest BCUT2D eigenvalue weighted by Crippen LogP contribution is -2.36. The van der Waals surface area contributed by atoms with E-state index in [9.17, 15) is 9.90 Å². The van der Waals surface area contributed by atoms with E-state index in [1.54, 1.807) is 10.7 Å². The Labute approximate surface area is 192 Å². The van der Waals surface area contributed by atoms with E-state index in [1.807, 2.05) is 49.4 Å². The smallest absolute Gasteiger partial charge is 0.354 e. The quantitative estimate of drug-likeness (QED) is 0.482. The van der Waals surface area contributed by atoms with Crippen molar-refractivity contribution in [2.45, 2.75) is 25.8 Å². The second-order valence-corrected chi connectivity index (χ2v) is 8.39. The minimum Gasteiger partial charge on any atom is -0.477 e. The van der Waals surface area contributed by atoms with E-state index < -0.39 is 5.97 Å². The third-order valence-electron chi connectivity index (χ3n) is 6.36. The molecule has 1 N–H and O–H groups in total. The van der Waals surface area contributed by atoms with Crippen LogP contribution >= 0.6 is 0 Å². The lowest BCUT2D eigenvalue weighted by atomic mass is 10.00. The summed E-state index contributed by atoms with van der Waals surface area (Å²) in [4.78, 5) is 18.6. The zero-order valence-corrected chi connectivity index (χ0v) is 18.7. The Morgan fingerprint density at radius 3 is 2.45 bits per heavy atom. The molecular formula is C26H26N4O3. The maximum Gasteiger partial charge on any atom is 0.354 e. The summed E-state index contributed by atoms with van der Waals surface area (Å²) in [5.74, 6) is -1.06. The molecule has 0 unspecified atom stereocenters. The van der Waals surface area contributed by atoms with E-state index in [1.165, 1.54) is 0 Å². The van der Waals surface area contributed by atoms with Gasteiger partial charge in [0, 0.05) is 32.0 Å². The summed E-state index contributed by atoms with van der Waals surface area (Å²) >= 11 is 0. The number of hydrogen-bond acceptors (Lipinski definition) is 5. The van der Waals surface area contributed by atoms with Gasteiger partial charge >= 0.3 is 5.97 Å². The lowest BCUT2D eigenvalue weighted by molar-refractivity contribution is 0.0691. The monoisotopic (exact) mass is 442 g/mol. The highest BCUT2D eigenvalue weighted by molar-refractivity contribution is 6.00. The summed E-state index contributed by atoms with van der Waals surface area (Å²) < 4.78 is 7.21. The molecule has 7 nitrogen and oxygen atoms in total. The minimum atomic E-state index is -1.06. The van der Waals surface area contributed by atoms with Crippen molar-refractivity contribution in [3.8, 4) is 16.8 Å². The molecular weight excluding hydrogens is 416 g/mol. The van der Waals surface area contributed by atoms with Crippen molar-refractivity contribution in [3.05, 3.63) is 72.1 Å². The fraction of sp³-hybridized carbons (Fsp3) is 0.269. The Bertz CT molecular complexity index is 1290. The van der Waals surface area contributed by atoms with Crippen LogP contribution in [0.15, 0.2) is 60.7 Å². The third-order valence-corrected chi connectivity index (χ3v) is 6.36. The number of carboxylic acid groups (broad SMARTS) is 1. The Morgan fingerprint density at radius 2 is 1.79 bits per heavy atom. The lowest BCUT2D eigenvalue weighted by Gasteiger charge is -2.33. The van der Waals surface area contributed by atoms with Crippen LogP contribution in [0.1, 0.15) is 29.0 Å². The maximum absolute atomic E-state index is 11.9.